The highest BCUT2D eigenvalue weighted by molar-refractivity contribution is 5.44. The number of nitrogen functional groups attached to an aromatic ring is 1. The Labute approximate surface area is 120 Å². The molecule has 2 rings (SSSR count). The van der Waals surface area contributed by atoms with Crippen molar-refractivity contribution in [3.63, 3.8) is 0 Å². The molecule has 0 saturated heterocycles. The minimum atomic E-state index is -0.0352. The summed E-state index contributed by atoms with van der Waals surface area (Å²) in [5.41, 5.74) is 2.65. The third-order valence-electron chi connectivity index (χ3n) is 2.36. The van der Waals surface area contributed by atoms with Gasteiger partial charge in [0, 0.05) is 6.07 Å². The zero-order valence-corrected chi connectivity index (χ0v) is 11.3. The lowest BCUT2D eigenvalue weighted by molar-refractivity contribution is 0.359. The summed E-state index contributed by atoms with van der Waals surface area (Å²) >= 11 is 0. The van der Waals surface area contributed by atoms with E-state index < -0.39 is 0 Å². The highest BCUT2D eigenvalue weighted by Crippen LogP contribution is 2.26. The first-order valence-electron chi connectivity index (χ1n) is 5.72. The number of nitrogens with one attached hydrogen (secondary N) is 1. The Morgan fingerprint density at radius 1 is 1.05 bits per heavy atom. The van der Waals surface area contributed by atoms with Crippen LogP contribution >= 0.6 is 0 Å². The minimum Gasteiger partial charge on any atom is -0.497 e. The Morgan fingerprint density at radius 2 is 1.76 bits per heavy atom. The number of methoxy groups -OCH3 is 2. The number of hydrazine groups is 1. The van der Waals surface area contributed by atoms with E-state index >= 15 is 0 Å². The molecular weight excluding hydrogens is 276 g/mol. The smallest absolute Gasteiger partial charge is 0.330 e. The summed E-state index contributed by atoms with van der Waals surface area (Å²) in [7, 11) is 2.89. The van der Waals surface area contributed by atoms with Gasteiger partial charge in [0.2, 0.25) is 5.95 Å². The molecule has 0 fully saturated rings. The van der Waals surface area contributed by atoms with Gasteiger partial charge < -0.3 is 14.2 Å². The number of nitrogens with zero attached hydrogens (tertiary/aromatic N) is 4. The SMILES string of the molecule is COc1cc(C#N)cc(Oc2nc(NN)nc(OC)n2)c1. The monoisotopic (exact) mass is 288 g/mol. The summed E-state index contributed by atoms with van der Waals surface area (Å²) in [5.74, 6) is 6.14. The van der Waals surface area contributed by atoms with Crippen LogP contribution in [0, 0.1) is 11.3 Å². The average Bonchev–Trinajstić information content (AvgIpc) is 2.53. The molecule has 1 aromatic carbocycles. The Kier molecular flexibility index (Phi) is 4.33. The van der Waals surface area contributed by atoms with E-state index in [4.69, 9.17) is 25.3 Å². The number of nitrogens with two attached hydrogens (primary N) is 1. The second-order valence-electron chi connectivity index (χ2n) is 3.68. The molecule has 0 aliphatic rings. The van der Waals surface area contributed by atoms with Crippen LogP contribution in [0.15, 0.2) is 18.2 Å². The predicted octanol–water partition coefficient (Wildman–Crippen LogP) is 0.838. The molecule has 21 heavy (non-hydrogen) atoms. The summed E-state index contributed by atoms with van der Waals surface area (Å²) in [5, 5.41) is 8.96. The zero-order chi connectivity index (χ0) is 15.2. The van der Waals surface area contributed by atoms with E-state index in [1.165, 1.54) is 20.3 Å². The first-order chi connectivity index (χ1) is 10.2. The number of benzene rings is 1. The molecule has 0 unspecified atom stereocenters. The number of hydrogen-bond donors (Lipinski definition) is 2. The van der Waals surface area contributed by atoms with Crippen molar-refractivity contribution in [1.29, 1.82) is 5.26 Å². The maximum atomic E-state index is 8.96. The summed E-state index contributed by atoms with van der Waals surface area (Å²) < 4.78 is 15.5. The van der Waals surface area contributed by atoms with E-state index in [-0.39, 0.29) is 18.0 Å². The lowest BCUT2D eigenvalue weighted by atomic mass is 10.2. The molecule has 1 aromatic heterocycles. The van der Waals surface area contributed by atoms with Gasteiger partial charge in [-0.25, -0.2) is 5.84 Å². The normalized spacial score (nSPS) is 9.62. The van der Waals surface area contributed by atoms with Crippen LogP contribution in [0.4, 0.5) is 5.95 Å². The van der Waals surface area contributed by atoms with Crippen molar-refractivity contribution < 1.29 is 14.2 Å². The van der Waals surface area contributed by atoms with E-state index in [0.717, 1.165) is 0 Å². The number of nitriles is 1. The van der Waals surface area contributed by atoms with Gasteiger partial charge in [0.25, 0.3) is 0 Å². The Balaban J connectivity index is 2.35. The fourth-order valence-electron chi connectivity index (χ4n) is 1.46. The van der Waals surface area contributed by atoms with Crippen molar-refractivity contribution in [3.05, 3.63) is 23.8 Å². The number of ether oxygens (including phenoxy) is 3. The van der Waals surface area contributed by atoms with E-state index in [1.54, 1.807) is 12.1 Å². The fourth-order valence-corrected chi connectivity index (χ4v) is 1.46. The van der Waals surface area contributed by atoms with E-state index in [2.05, 4.69) is 20.4 Å². The van der Waals surface area contributed by atoms with E-state index in [9.17, 15) is 0 Å². The molecular formula is C12H12N6O3. The van der Waals surface area contributed by atoms with Crippen molar-refractivity contribution in [2.45, 2.75) is 0 Å². The molecule has 3 N–H and O–H groups in total. The molecule has 9 nitrogen and oxygen atoms in total. The molecule has 0 aliphatic heterocycles. The molecule has 0 saturated carbocycles. The van der Waals surface area contributed by atoms with Crippen LogP contribution < -0.4 is 25.5 Å². The Morgan fingerprint density at radius 3 is 2.38 bits per heavy atom. The van der Waals surface area contributed by atoms with Gasteiger partial charge in [0.05, 0.1) is 25.9 Å². The third kappa shape index (κ3) is 3.46. The summed E-state index contributed by atoms with van der Waals surface area (Å²) in [6.45, 7) is 0. The average molecular weight is 288 g/mol. The van der Waals surface area contributed by atoms with Gasteiger partial charge in [-0.2, -0.15) is 15.2 Å². The van der Waals surface area contributed by atoms with Gasteiger partial charge >= 0.3 is 12.0 Å². The van der Waals surface area contributed by atoms with Crippen LogP contribution in [0.25, 0.3) is 0 Å². The number of aromatic nitrogens is 3. The highest BCUT2D eigenvalue weighted by Gasteiger charge is 2.10. The largest absolute Gasteiger partial charge is 0.497 e. The van der Waals surface area contributed by atoms with Crippen molar-refractivity contribution in [2.24, 2.45) is 5.84 Å². The van der Waals surface area contributed by atoms with Crippen molar-refractivity contribution in [3.8, 4) is 29.6 Å². The second kappa shape index (κ2) is 6.36. The summed E-state index contributed by atoms with van der Waals surface area (Å²) in [6, 6.07) is 6.70. The van der Waals surface area contributed by atoms with Crippen LogP contribution in [0.2, 0.25) is 0 Å². The first-order valence-corrected chi connectivity index (χ1v) is 5.72. The minimum absolute atomic E-state index is 0.0352. The summed E-state index contributed by atoms with van der Waals surface area (Å²) in [6.07, 6.45) is 0. The van der Waals surface area contributed by atoms with Gasteiger partial charge in [-0.15, -0.1) is 4.98 Å². The second-order valence-corrected chi connectivity index (χ2v) is 3.68. The first kappa shape index (κ1) is 14.3. The Hall–Kier alpha value is -3.12. The van der Waals surface area contributed by atoms with Gasteiger partial charge in [-0.3, -0.25) is 5.43 Å². The molecule has 0 spiro atoms. The number of hydrogen-bond acceptors (Lipinski definition) is 9. The van der Waals surface area contributed by atoms with Crippen molar-refractivity contribution in [2.75, 3.05) is 19.6 Å². The van der Waals surface area contributed by atoms with E-state index in [1.807, 2.05) is 6.07 Å². The molecule has 108 valence electrons. The van der Waals surface area contributed by atoms with Crippen LogP contribution in [-0.2, 0) is 0 Å². The molecule has 0 radical (unpaired) electrons. The van der Waals surface area contributed by atoms with Crippen LogP contribution in [0.1, 0.15) is 5.56 Å². The predicted molar refractivity (Wildman–Crippen MR) is 72.0 cm³/mol. The van der Waals surface area contributed by atoms with Gasteiger partial charge in [0.1, 0.15) is 11.5 Å². The highest BCUT2D eigenvalue weighted by atomic mass is 16.5. The quantitative estimate of drug-likeness (QED) is 0.607. The topological polar surface area (TPSA) is 128 Å². The molecule has 9 heteroatoms. The number of rotatable bonds is 5. The maximum Gasteiger partial charge on any atom is 0.330 e. The molecule has 0 aliphatic carbocycles. The summed E-state index contributed by atoms with van der Waals surface area (Å²) in [4.78, 5) is 11.7. The van der Waals surface area contributed by atoms with Gasteiger partial charge in [-0.1, -0.05) is 0 Å². The zero-order valence-electron chi connectivity index (χ0n) is 11.3. The van der Waals surface area contributed by atoms with E-state index in [0.29, 0.717) is 17.1 Å². The van der Waals surface area contributed by atoms with Crippen LogP contribution in [0.3, 0.4) is 0 Å². The van der Waals surface area contributed by atoms with Crippen LogP contribution in [0.5, 0.6) is 23.5 Å². The maximum absolute atomic E-state index is 8.96. The van der Waals surface area contributed by atoms with Gasteiger partial charge in [-0.05, 0) is 12.1 Å². The lowest BCUT2D eigenvalue weighted by Gasteiger charge is -2.08. The standard InChI is InChI=1S/C12H12N6O3/c1-19-8-3-7(6-13)4-9(5-8)21-12-16-10(18-14)15-11(17-12)20-2/h3-5H,14H2,1-2H3,(H,15,16,17,18). The molecule has 1 heterocycles. The Bertz CT molecular complexity index is 663. The molecule has 0 amide bonds. The van der Waals surface area contributed by atoms with Crippen molar-refractivity contribution >= 4 is 5.95 Å². The molecule has 0 bridgehead atoms. The lowest BCUT2D eigenvalue weighted by Crippen LogP contribution is -2.12. The third-order valence-corrected chi connectivity index (χ3v) is 2.36. The molecule has 0 atom stereocenters. The molecule has 2 aromatic rings. The van der Waals surface area contributed by atoms with Crippen LogP contribution in [-0.4, -0.2) is 29.2 Å². The van der Waals surface area contributed by atoms with Crippen molar-refractivity contribution in [1.82, 2.24) is 15.0 Å². The van der Waals surface area contributed by atoms with Gasteiger partial charge in [0.15, 0.2) is 0 Å². The fraction of sp³-hybridized carbons (Fsp3) is 0.167. The number of anilines is 1.